The van der Waals surface area contributed by atoms with Crippen LogP contribution >= 0.6 is 24.8 Å². The minimum Gasteiger partial charge on any atom is -0.314 e. The Morgan fingerprint density at radius 2 is 1.45 bits per heavy atom. The third-order valence-electron chi connectivity index (χ3n) is 3.18. The van der Waals surface area contributed by atoms with E-state index in [0.29, 0.717) is 12.1 Å². The Morgan fingerprint density at radius 3 is 1.95 bits per heavy atom. The summed E-state index contributed by atoms with van der Waals surface area (Å²) in [5.41, 5.74) is -1.28. The Bertz CT molecular complexity index is 491. The second-order valence-electron chi connectivity index (χ2n) is 4.49. The van der Waals surface area contributed by atoms with Gasteiger partial charge in [0.05, 0.1) is 5.56 Å². The number of nitrogens with one attached hydrogen (secondary N) is 1. The van der Waals surface area contributed by atoms with Crippen LogP contribution in [0.4, 0.5) is 26.3 Å². The van der Waals surface area contributed by atoms with Crippen LogP contribution in [0.25, 0.3) is 0 Å². The third-order valence-corrected chi connectivity index (χ3v) is 3.18. The van der Waals surface area contributed by atoms with Gasteiger partial charge in [0, 0.05) is 26.2 Å². The molecule has 1 fully saturated rings. The minimum atomic E-state index is -4.90. The summed E-state index contributed by atoms with van der Waals surface area (Å²) >= 11 is 0. The van der Waals surface area contributed by atoms with Crippen LogP contribution < -0.4 is 5.32 Å². The molecule has 0 bridgehead atoms. The van der Waals surface area contributed by atoms with Crippen LogP contribution in [-0.4, -0.2) is 37.3 Å². The number of piperazine rings is 1. The van der Waals surface area contributed by atoms with Crippen molar-refractivity contribution in [2.75, 3.05) is 26.2 Å². The van der Waals surface area contributed by atoms with E-state index < -0.39 is 35.2 Å². The van der Waals surface area contributed by atoms with E-state index in [1.54, 1.807) is 0 Å². The van der Waals surface area contributed by atoms with E-state index in [-0.39, 0.29) is 51.0 Å². The van der Waals surface area contributed by atoms with Gasteiger partial charge in [-0.2, -0.15) is 13.2 Å². The van der Waals surface area contributed by atoms with E-state index in [2.05, 4.69) is 5.32 Å². The first kappa shape index (κ1) is 21.3. The summed E-state index contributed by atoms with van der Waals surface area (Å²) in [6.45, 7) is 0.482. The Kier molecular flexibility index (Phi) is 7.97. The molecule has 0 amide bonds. The lowest BCUT2D eigenvalue weighted by Crippen LogP contribution is -2.49. The van der Waals surface area contributed by atoms with Gasteiger partial charge in [-0.15, -0.1) is 24.8 Å². The lowest BCUT2D eigenvalue weighted by molar-refractivity contribution is -0.189. The molecule has 0 spiro atoms. The molecule has 1 heterocycles. The van der Waals surface area contributed by atoms with Crippen LogP contribution in [0.15, 0.2) is 12.1 Å². The zero-order chi connectivity index (χ0) is 14.9. The van der Waals surface area contributed by atoms with Gasteiger partial charge >= 0.3 is 6.18 Å². The van der Waals surface area contributed by atoms with Crippen LogP contribution in [0, 0.1) is 17.5 Å². The number of halogens is 8. The van der Waals surface area contributed by atoms with Crippen LogP contribution in [0.3, 0.4) is 0 Å². The standard InChI is InChI=1S/C12H12F6N2.2ClH/c13-7-1-2-8(14)10(15)9(7)11(12(16,17)18)20-5-3-19-4-6-20;;/h1-2,11,19H,3-6H2;2*1H/t11-;;/m1../s1. The van der Waals surface area contributed by atoms with Crippen molar-refractivity contribution in [2.24, 2.45) is 0 Å². The Morgan fingerprint density at radius 1 is 0.955 bits per heavy atom. The molecule has 2 nitrogen and oxygen atoms in total. The highest BCUT2D eigenvalue weighted by Crippen LogP contribution is 2.40. The van der Waals surface area contributed by atoms with Gasteiger partial charge in [0.1, 0.15) is 11.9 Å². The van der Waals surface area contributed by atoms with Gasteiger partial charge < -0.3 is 5.32 Å². The number of hydrogen-bond acceptors (Lipinski definition) is 2. The van der Waals surface area contributed by atoms with Crippen molar-refractivity contribution in [3.05, 3.63) is 35.1 Å². The molecule has 1 aliphatic rings. The number of alkyl halides is 3. The normalized spacial score (nSPS) is 17.4. The zero-order valence-corrected chi connectivity index (χ0v) is 12.7. The molecule has 1 saturated heterocycles. The van der Waals surface area contributed by atoms with Gasteiger partial charge in [-0.1, -0.05) is 0 Å². The summed E-state index contributed by atoms with van der Waals surface area (Å²) in [7, 11) is 0. The molecule has 1 N–H and O–H groups in total. The first-order chi connectivity index (χ1) is 9.32. The molecule has 1 atom stereocenters. The summed E-state index contributed by atoms with van der Waals surface area (Å²) < 4.78 is 79.9. The van der Waals surface area contributed by atoms with Gasteiger partial charge in [0.15, 0.2) is 11.6 Å². The minimum absolute atomic E-state index is 0. The predicted octanol–water partition coefficient (Wildman–Crippen LogP) is 3.46. The lowest BCUT2D eigenvalue weighted by atomic mass is 10.0. The molecule has 0 radical (unpaired) electrons. The topological polar surface area (TPSA) is 15.3 Å². The molecule has 1 aromatic rings. The van der Waals surface area contributed by atoms with Crippen molar-refractivity contribution in [1.29, 1.82) is 0 Å². The Labute approximate surface area is 135 Å². The maximum absolute atomic E-state index is 13.6. The summed E-state index contributed by atoms with van der Waals surface area (Å²) in [6.07, 6.45) is -4.90. The Balaban J connectivity index is 0.00000220. The van der Waals surface area contributed by atoms with E-state index in [1.807, 2.05) is 0 Å². The maximum Gasteiger partial charge on any atom is 0.408 e. The summed E-state index contributed by atoms with van der Waals surface area (Å²) in [4.78, 5) is 0.900. The first-order valence-electron chi connectivity index (χ1n) is 5.97. The van der Waals surface area contributed by atoms with Crippen molar-refractivity contribution in [1.82, 2.24) is 10.2 Å². The van der Waals surface area contributed by atoms with E-state index in [1.165, 1.54) is 0 Å². The van der Waals surface area contributed by atoms with Crippen LogP contribution in [0.5, 0.6) is 0 Å². The monoisotopic (exact) mass is 370 g/mol. The van der Waals surface area contributed by atoms with Crippen molar-refractivity contribution in [3.63, 3.8) is 0 Å². The van der Waals surface area contributed by atoms with E-state index in [9.17, 15) is 26.3 Å². The number of hydrogen-bond donors (Lipinski definition) is 1. The molecule has 0 aromatic heterocycles. The fourth-order valence-electron chi connectivity index (χ4n) is 2.29. The van der Waals surface area contributed by atoms with Gasteiger partial charge in [-0.05, 0) is 12.1 Å². The molecular weight excluding hydrogens is 357 g/mol. The summed E-state index contributed by atoms with van der Waals surface area (Å²) in [5, 5.41) is 2.84. The fraction of sp³-hybridized carbons (Fsp3) is 0.500. The molecule has 2 rings (SSSR count). The lowest BCUT2D eigenvalue weighted by Gasteiger charge is -2.36. The highest BCUT2D eigenvalue weighted by molar-refractivity contribution is 5.85. The molecule has 128 valence electrons. The quantitative estimate of drug-likeness (QED) is 0.633. The predicted molar refractivity (Wildman–Crippen MR) is 74.1 cm³/mol. The van der Waals surface area contributed by atoms with Gasteiger partial charge in [0.25, 0.3) is 0 Å². The molecular formula is C12H14Cl2F6N2. The SMILES string of the molecule is Cl.Cl.Fc1ccc(F)c([C@@H](N2CCNCC2)C(F)(F)F)c1F. The molecule has 0 saturated carbocycles. The molecule has 10 heteroatoms. The first-order valence-corrected chi connectivity index (χ1v) is 5.97. The van der Waals surface area contributed by atoms with Gasteiger partial charge in [-0.3, -0.25) is 4.90 Å². The van der Waals surface area contributed by atoms with Crippen molar-refractivity contribution in [2.45, 2.75) is 12.2 Å². The fourth-order valence-corrected chi connectivity index (χ4v) is 2.29. The van der Waals surface area contributed by atoms with E-state index in [0.717, 1.165) is 4.90 Å². The maximum atomic E-state index is 13.6. The molecule has 1 aromatic carbocycles. The highest BCUT2D eigenvalue weighted by Gasteiger charge is 2.48. The number of rotatable bonds is 2. The second kappa shape index (κ2) is 8.24. The van der Waals surface area contributed by atoms with E-state index in [4.69, 9.17) is 0 Å². The highest BCUT2D eigenvalue weighted by atomic mass is 35.5. The van der Waals surface area contributed by atoms with Gasteiger partial charge in [-0.25, -0.2) is 13.2 Å². The van der Waals surface area contributed by atoms with Crippen LogP contribution in [0.1, 0.15) is 11.6 Å². The largest absolute Gasteiger partial charge is 0.408 e. The average molecular weight is 371 g/mol. The molecule has 0 aliphatic carbocycles. The van der Waals surface area contributed by atoms with Crippen molar-refractivity contribution >= 4 is 24.8 Å². The molecule has 0 unspecified atom stereocenters. The van der Waals surface area contributed by atoms with Gasteiger partial charge in [0.2, 0.25) is 0 Å². The van der Waals surface area contributed by atoms with Crippen LogP contribution in [-0.2, 0) is 0 Å². The average Bonchev–Trinajstić information content (AvgIpc) is 2.39. The van der Waals surface area contributed by atoms with Crippen LogP contribution in [0.2, 0.25) is 0 Å². The summed E-state index contributed by atoms with van der Waals surface area (Å²) in [5.74, 6) is -4.68. The Hall–Kier alpha value is -0.700. The smallest absolute Gasteiger partial charge is 0.314 e. The summed E-state index contributed by atoms with van der Waals surface area (Å²) in [6, 6.07) is -1.51. The second-order valence-corrected chi connectivity index (χ2v) is 4.49. The van der Waals surface area contributed by atoms with E-state index >= 15 is 0 Å². The van der Waals surface area contributed by atoms with Crippen molar-refractivity contribution in [3.8, 4) is 0 Å². The third kappa shape index (κ3) is 4.41. The zero-order valence-electron chi connectivity index (χ0n) is 11.1. The number of nitrogens with zero attached hydrogens (tertiary/aromatic N) is 1. The number of benzene rings is 1. The molecule has 22 heavy (non-hydrogen) atoms. The van der Waals surface area contributed by atoms with Crippen molar-refractivity contribution < 1.29 is 26.3 Å². The molecule has 1 aliphatic heterocycles.